The summed E-state index contributed by atoms with van der Waals surface area (Å²) in [6.07, 6.45) is 0.938. The van der Waals surface area contributed by atoms with Crippen LogP contribution in [-0.4, -0.2) is 47.0 Å². The molecular formula is C23H31NO6. The second-order valence-electron chi connectivity index (χ2n) is 6.96. The molecule has 0 atom stereocenters. The fourth-order valence-electron chi connectivity index (χ4n) is 3.05. The van der Waals surface area contributed by atoms with Gasteiger partial charge in [0.05, 0.1) is 41.0 Å². The van der Waals surface area contributed by atoms with Gasteiger partial charge in [0.15, 0.2) is 23.0 Å². The Morgan fingerprint density at radius 2 is 1.43 bits per heavy atom. The maximum atomic E-state index is 12.4. The van der Waals surface area contributed by atoms with Crippen LogP contribution >= 0.6 is 0 Å². The predicted octanol–water partition coefficient (Wildman–Crippen LogP) is 3.41. The quantitative estimate of drug-likeness (QED) is 0.604. The molecule has 1 N–H and O–H groups in total. The number of rotatable bonds is 11. The first kappa shape index (κ1) is 23.2. The van der Waals surface area contributed by atoms with Crippen molar-refractivity contribution in [3.8, 4) is 28.7 Å². The minimum Gasteiger partial charge on any atom is -0.493 e. The van der Waals surface area contributed by atoms with Crippen LogP contribution in [0.1, 0.15) is 25.0 Å². The van der Waals surface area contributed by atoms with Gasteiger partial charge in [-0.1, -0.05) is 6.07 Å². The summed E-state index contributed by atoms with van der Waals surface area (Å²) in [6.45, 7) is 4.45. The van der Waals surface area contributed by atoms with Gasteiger partial charge in [0.1, 0.15) is 0 Å². The molecule has 7 heteroatoms. The maximum Gasteiger partial charge on any atom is 0.224 e. The molecule has 0 unspecified atom stereocenters. The largest absolute Gasteiger partial charge is 0.493 e. The second-order valence-corrected chi connectivity index (χ2v) is 6.96. The summed E-state index contributed by atoms with van der Waals surface area (Å²) in [5.74, 6) is 2.86. The van der Waals surface area contributed by atoms with Crippen LogP contribution < -0.4 is 29.0 Å². The fraction of sp³-hybridized carbons (Fsp3) is 0.435. The van der Waals surface area contributed by atoms with Crippen molar-refractivity contribution in [3.63, 3.8) is 0 Å². The third kappa shape index (κ3) is 6.20. The van der Waals surface area contributed by atoms with E-state index < -0.39 is 0 Å². The summed E-state index contributed by atoms with van der Waals surface area (Å²) in [4.78, 5) is 12.4. The van der Waals surface area contributed by atoms with Crippen molar-refractivity contribution < 1.29 is 28.5 Å². The first-order valence-corrected chi connectivity index (χ1v) is 9.81. The maximum absolute atomic E-state index is 12.4. The molecule has 0 spiro atoms. The van der Waals surface area contributed by atoms with Crippen LogP contribution in [0.15, 0.2) is 30.3 Å². The zero-order valence-electron chi connectivity index (χ0n) is 18.5. The number of hydrogen-bond donors (Lipinski definition) is 1. The van der Waals surface area contributed by atoms with E-state index in [0.717, 1.165) is 11.1 Å². The Kier molecular flexibility index (Phi) is 8.65. The number of carbonyl (C=O) groups is 1. The molecule has 30 heavy (non-hydrogen) atoms. The van der Waals surface area contributed by atoms with Crippen LogP contribution in [0.3, 0.4) is 0 Å². The summed E-state index contributed by atoms with van der Waals surface area (Å²) in [5.41, 5.74) is 1.83. The molecule has 7 nitrogen and oxygen atoms in total. The van der Waals surface area contributed by atoms with Gasteiger partial charge in [0.25, 0.3) is 0 Å². The van der Waals surface area contributed by atoms with E-state index in [1.807, 2.05) is 32.0 Å². The van der Waals surface area contributed by atoms with Crippen LogP contribution in [0.5, 0.6) is 28.7 Å². The lowest BCUT2D eigenvalue weighted by Crippen LogP contribution is -2.27. The number of amides is 1. The zero-order valence-corrected chi connectivity index (χ0v) is 18.5. The van der Waals surface area contributed by atoms with E-state index in [0.29, 0.717) is 41.7 Å². The average molecular weight is 418 g/mol. The van der Waals surface area contributed by atoms with E-state index >= 15 is 0 Å². The molecule has 1 amide bonds. The molecule has 0 fully saturated rings. The van der Waals surface area contributed by atoms with Crippen molar-refractivity contribution in [2.24, 2.45) is 0 Å². The molecule has 0 saturated carbocycles. The van der Waals surface area contributed by atoms with Crippen molar-refractivity contribution in [1.82, 2.24) is 5.32 Å². The molecule has 0 bridgehead atoms. The molecule has 2 aromatic rings. The third-order valence-corrected chi connectivity index (χ3v) is 4.42. The molecular weight excluding hydrogens is 386 g/mol. The molecule has 2 rings (SSSR count). The van der Waals surface area contributed by atoms with Crippen LogP contribution in [0.25, 0.3) is 0 Å². The van der Waals surface area contributed by atoms with Crippen molar-refractivity contribution in [2.45, 2.75) is 32.8 Å². The second kappa shape index (κ2) is 11.2. The minimum absolute atomic E-state index is 0.0485. The van der Waals surface area contributed by atoms with E-state index in [2.05, 4.69) is 5.32 Å². The Morgan fingerprint density at radius 3 is 1.97 bits per heavy atom. The van der Waals surface area contributed by atoms with Gasteiger partial charge in [-0.05, 0) is 55.7 Å². The number of ether oxygens (including phenoxy) is 5. The van der Waals surface area contributed by atoms with Gasteiger partial charge in [0.2, 0.25) is 11.7 Å². The molecule has 0 radical (unpaired) electrons. The summed E-state index contributed by atoms with van der Waals surface area (Å²) >= 11 is 0. The molecule has 0 aliphatic heterocycles. The number of methoxy groups -OCH3 is 4. The monoisotopic (exact) mass is 417 g/mol. The topological polar surface area (TPSA) is 75.3 Å². The Labute approximate surface area is 178 Å². The summed E-state index contributed by atoms with van der Waals surface area (Å²) < 4.78 is 27.1. The summed E-state index contributed by atoms with van der Waals surface area (Å²) in [7, 11) is 6.26. The molecule has 0 aliphatic rings. The van der Waals surface area contributed by atoms with Crippen molar-refractivity contribution >= 4 is 5.91 Å². The normalized spacial score (nSPS) is 10.5. The van der Waals surface area contributed by atoms with Crippen LogP contribution in [-0.2, 0) is 17.6 Å². The number of hydrogen-bond acceptors (Lipinski definition) is 6. The van der Waals surface area contributed by atoms with Crippen molar-refractivity contribution in [2.75, 3.05) is 35.0 Å². The molecule has 2 aromatic carbocycles. The molecule has 0 saturated heterocycles. The lowest BCUT2D eigenvalue weighted by Gasteiger charge is -2.15. The fourth-order valence-corrected chi connectivity index (χ4v) is 3.05. The summed E-state index contributed by atoms with van der Waals surface area (Å²) in [5, 5.41) is 2.95. The number of benzene rings is 2. The Morgan fingerprint density at radius 1 is 0.833 bits per heavy atom. The predicted molar refractivity (Wildman–Crippen MR) is 115 cm³/mol. The van der Waals surface area contributed by atoms with Gasteiger partial charge >= 0.3 is 0 Å². The average Bonchev–Trinajstić information content (AvgIpc) is 2.72. The number of carbonyl (C=O) groups excluding carboxylic acids is 1. The first-order chi connectivity index (χ1) is 14.4. The van der Waals surface area contributed by atoms with Gasteiger partial charge < -0.3 is 29.0 Å². The minimum atomic E-state index is -0.0866. The molecule has 0 aromatic heterocycles. The van der Waals surface area contributed by atoms with Crippen molar-refractivity contribution in [1.29, 1.82) is 0 Å². The Bertz CT molecular complexity index is 825. The van der Waals surface area contributed by atoms with Gasteiger partial charge in [-0.15, -0.1) is 0 Å². The number of nitrogens with one attached hydrogen (secondary N) is 1. The van der Waals surface area contributed by atoms with Crippen molar-refractivity contribution in [3.05, 3.63) is 41.5 Å². The van der Waals surface area contributed by atoms with E-state index in [-0.39, 0.29) is 18.4 Å². The van der Waals surface area contributed by atoms with E-state index in [1.54, 1.807) is 40.6 Å². The zero-order chi connectivity index (χ0) is 22.1. The highest BCUT2D eigenvalue weighted by molar-refractivity contribution is 5.79. The van der Waals surface area contributed by atoms with Gasteiger partial charge in [-0.25, -0.2) is 0 Å². The Hall–Kier alpha value is -3.09. The SMILES string of the molecule is COc1ccc(CCNC(=O)Cc2cc(OC)c(OC)c(OC)c2)cc1OC(C)C. The van der Waals surface area contributed by atoms with E-state index in [4.69, 9.17) is 23.7 Å². The van der Waals surface area contributed by atoms with E-state index in [9.17, 15) is 4.79 Å². The molecule has 0 aliphatic carbocycles. The van der Waals surface area contributed by atoms with E-state index in [1.165, 1.54) is 0 Å². The van der Waals surface area contributed by atoms with Gasteiger partial charge in [0, 0.05) is 6.54 Å². The smallest absolute Gasteiger partial charge is 0.224 e. The lowest BCUT2D eigenvalue weighted by molar-refractivity contribution is -0.120. The highest BCUT2D eigenvalue weighted by atomic mass is 16.5. The third-order valence-electron chi connectivity index (χ3n) is 4.42. The Balaban J connectivity index is 1.97. The summed E-state index contributed by atoms with van der Waals surface area (Å²) in [6, 6.07) is 9.35. The standard InChI is InChI=1S/C23H31NO6/c1-15(2)30-19-11-16(7-8-18(19)26-3)9-10-24-22(25)14-17-12-20(27-4)23(29-6)21(13-17)28-5/h7-8,11-13,15H,9-10,14H2,1-6H3,(H,24,25). The first-order valence-electron chi connectivity index (χ1n) is 9.81. The van der Waals surface area contributed by atoms with Crippen LogP contribution in [0.4, 0.5) is 0 Å². The highest BCUT2D eigenvalue weighted by Gasteiger charge is 2.15. The van der Waals surface area contributed by atoms with Gasteiger partial charge in [-0.2, -0.15) is 0 Å². The molecule has 0 heterocycles. The van der Waals surface area contributed by atoms with Crippen LogP contribution in [0.2, 0.25) is 0 Å². The lowest BCUT2D eigenvalue weighted by atomic mass is 10.1. The van der Waals surface area contributed by atoms with Gasteiger partial charge in [-0.3, -0.25) is 4.79 Å². The highest BCUT2D eigenvalue weighted by Crippen LogP contribution is 2.38. The van der Waals surface area contributed by atoms with Crippen LogP contribution in [0, 0.1) is 0 Å². The molecule has 164 valence electrons.